The molecule has 1 unspecified atom stereocenters. The molecule has 156 valence electrons. The number of aryl methyl sites for hydroxylation is 1. The van der Waals surface area contributed by atoms with Crippen molar-refractivity contribution >= 4 is 5.91 Å². The number of piperidine rings is 1. The van der Waals surface area contributed by atoms with Crippen molar-refractivity contribution in [2.45, 2.75) is 45.7 Å². The molecule has 1 amide bonds. The molecule has 2 fully saturated rings. The summed E-state index contributed by atoms with van der Waals surface area (Å²) >= 11 is 0. The lowest BCUT2D eigenvalue weighted by Crippen LogP contribution is -2.51. The zero-order valence-electron chi connectivity index (χ0n) is 17.5. The smallest absolute Gasteiger partial charge is 0.258 e. The van der Waals surface area contributed by atoms with Gasteiger partial charge in [-0.2, -0.15) is 4.98 Å². The summed E-state index contributed by atoms with van der Waals surface area (Å²) in [6, 6.07) is 8.43. The van der Waals surface area contributed by atoms with Gasteiger partial charge in [-0.05, 0) is 44.7 Å². The van der Waals surface area contributed by atoms with Gasteiger partial charge in [0.25, 0.3) is 5.89 Å². The Morgan fingerprint density at radius 3 is 2.62 bits per heavy atom. The summed E-state index contributed by atoms with van der Waals surface area (Å²) in [6.07, 6.45) is 3.51. The number of carbonyl (C=O) groups excluding carboxylic acids is 1. The Balaban J connectivity index is 1.26. The zero-order chi connectivity index (χ0) is 20.2. The van der Waals surface area contributed by atoms with Crippen LogP contribution in [-0.2, 0) is 11.3 Å². The lowest BCUT2D eigenvalue weighted by molar-refractivity contribution is -0.136. The third kappa shape index (κ3) is 4.85. The Morgan fingerprint density at radius 2 is 1.86 bits per heavy atom. The summed E-state index contributed by atoms with van der Waals surface area (Å²) in [4.78, 5) is 23.9. The average Bonchev–Trinajstić information content (AvgIpc) is 3.18. The van der Waals surface area contributed by atoms with Gasteiger partial charge in [0, 0.05) is 44.3 Å². The maximum atomic E-state index is 12.7. The quantitative estimate of drug-likeness (QED) is 0.773. The Labute approximate surface area is 172 Å². The molecule has 1 aromatic carbocycles. The minimum absolute atomic E-state index is 0.284. The molecule has 4 rings (SSSR count). The predicted octanol–water partition coefficient (Wildman–Crippen LogP) is 2.56. The van der Waals surface area contributed by atoms with Crippen molar-refractivity contribution in [1.82, 2.24) is 24.8 Å². The Kier molecular flexibility index (Phi) is 6.25. The first kappa shape index (κ1) is 20.0. The number of aromatic nitrogens is 2. The van der Waals surface area contributed by atoms with Crippen LogP contribution >= 0.6 is 0 Å². The molecule has 0 N–H and O–H groups in total. The summed E-state index contributed by atoms with van der Waals surface area (Å²) in [5, 5.41) is 4.16. The lowest BCUT2D eigenvalue weighted by atomic mass is 10.0. The summed E-state index contributed by atoms with van der Waals surface area (Å²) in [7, 11) is 0. The molecule has 2 aliphatic rings. The first-order valence-corrected chi connectivity index (χ1v) is 10.7. The Hall–Kier alpha value is -2.25. The molecule has 3 heterocycles. The van der Waals surface area contributed by atoms with Gasteiger partial charge in [0.1, 0.15) is 0 Å². The summed E-state index contributed by atoms with van der Waals surface area (Å²) < 4.78 is 5.48. The van der Waals surface area contributed by atoms with E-state index >= 15 is 0 Å². The fraction of sp³-hybridized carbons (Fsp3) is 0.591. The fourth-order valence-corrected chi connectivity index (χ4v) is 4.30. The number of rotatable bonds is 5. The van der Waals surface area contributed by atoms with Crippen molar-refractivity contribution in [3.8, 4) is 11.5 Å². The predicted molar refractivity (Wildman–Crippen MR) is 111 cm³/mol. The molecule has 7 heteroatoms. The SMILES string of the molecule is Cc1ccccc1-c1nc(CN2CCN(CC(=O)N3CCCCC3C)CC2)no1. The van der Waals surface area contributed by atoms with E-state index in [1.807, 2.05) is 31.2 Å². The van der Waals surface area contributed by atoms with Gasteiger partial charge in [0.2, 0.25) is 5.91 Å². The third-order valence-electron chi connectivity index (χ3n) is 6.16. The highest BCUT2D eigenvalue weighted by Crippen LogP contribution is 2.21. The highest BCUT2D eigenvalue weighted by Gasteiger charge is 2.26. The highest BCUT2D eigenvalue weighted by molar-refractivity contribution is 5.78. The van der Waals surface area contributed by atoms with Crippen LogP contribution in [0.1, 0.15) is 37.6 Å². The number of piperazine rings is 1. The molecule has 0 radical (unpaired) electrons. The van der Waals surface area contributed by atoms with Crippen LogP contribution < -0.4 is 0 Å². The number of hydrogen-bond donors (Lipinski definition) is 0. The van der Waals surface area contributed by atoms with Crippen molar-refractivity contribution < 1.29 is 9.32 Å². The van der Waals surface area contributed by atoms with Crippen LogP contribution in [0.3, 0.4) is 0 Å². The topological polar surface area (TPSA) is 65.7 Å². The molecule has 7 nitrogen and oxygen atoms in total. The van der Waals surface area contributed by atoms with Crippen molar-refractivity contribution in [3.63, 3.8) is 0 Å². The minimum atomic E-state index is 0.284. The second-order valence-electron chi connectivity index (χ2n) is 8.31. The Bertz CT molecular complexity index is 828. The molecule has 0 aliphatic carbocycles. The minimum Gasteiger partial charge on any atom is -0.339 e. The average molecular weight is 398 g/mol. The molecule has 0 saturated carbocycles. The largest absolute Gasteiger partial charge is 0.339 e. The zero-order valence-corrected chi connectivity index (χ0v) is 17.5. The Morgan fingerprint density at radius 1 is 1.10 bits per heavy atom. The van der Waals surface area contributed by atoms with Crippen molar-refractivity contribution in [2.75, 3.05) is 39.3 Å². The lowest BCUT2D eigenvalue weighted by Gasteiger charge is -2.37. The molecule has 2 saturated heterocycles. The van der Waals surface area contributed by atoms with Gasteiger partial charge in [-0.3, -0.25) is 14.6 Å². The first-order chi connectivity index (χ1) is 14.1. The molecular weight excluding hydrogens is 366 g/mol. The van der Waals surface area contributed by atoms with Gasteiger partial charge in [-0.15, -0.1) is 0 Å². The van der Waals surface area contributed by atoms with Gasteiger partial charge in [-0.25, -0.2) is 0 Å². The maximum Gasteiger partial charge on any atom is 0.258 e. The van der Waals surface area contributed by atoms with E-state index in [0.717, 1.165) is 62.5 Å². The molecule has 0 bridgehead atoms. The number of likely N-dealkylation sites (tertiary alicyclic amines) is 1. The number of carbonyl (C=O) groups is 1. The molecule has 2 aromatic rings. The molecule has 1 aromatic heterocycles. The fourth-order valence-electron chi connectivity index (χ4n) is 4.30. The summed E-state index contributed by atoms with van der Waals surface area (Å²) in [5.41, 5.74) is 2.12. The summed E-state index contributed by atoms with van der Waals surface area (Å²) in [6.45, 7) is 9.98. The number of nitrogens with zero attached hydrogens (tertiary/aromatic N) is 5. The van der Waals surface area contributed by atoms with Gasteiger partial charge >= 0.3 is 0 Å². The molecule has 2 aliphatic heterocycles. The second-order valence-corrected chi connectivity index (χ2v) is 8.31. The van der Waals surface area contributed by atoms with E-state index in [4.69, 9.17) is 4.52 Å². The van der Waals surface area contributed by atoms with Crippen molar-refractivity contribution in [3.05, 3.63) is 35.7 Å². The van der Waals surface area contributed by atoms with Crippen LogP contribution in [0.15, 0.2) is 28.8 Å². The second kappa shape index (κ2) is 9.05. The number of hydrogen-bond acceptors (Lipinski definition) is 6. The van der Waals surface area contributed by atoms with Crippen LogP contribution in [0, 0.1) is 6.92 Å². The van der Waals surface area contributed by atoms with Gasteiger partial charge in [-0.1, -0.05) is 23.4 Å². The molecule has 0 spiro atoms. The van der Waals surface area contributed by atoms with E-state index in [1.165, 1.54) is 6.42 Å². The maximum absolute atomic E-state index is 12.7. The van der Waals surface area contributed by atoms with E-state index in [1.54, 1.807) is 0 Å². The van der Waals surface area contributed by atoms with Gasteiger partial charge in [0.15, 0.2) is 5.82 Å². The highest BCUT2D eigenvalue weighted by atomic mass is 16.5. The van der Waals surface area contributed by atoms with Crippen LogP contribution in [0.2, 0.25) is 0 Å². The van der Waals surface area contributed by atoms with E-state index in [2.05, 4.69) is 31.8 Å². The monoisotopic (exact) mass is 397 g/mol. The van der Waals surface area contributed by atoms with Crippen LogP contribution in [0.5, 0.6) is 0 Å². The van der Waals surface area contributed by atoms with Crippen molar-refractivity contribution in [1.29, 1.82) is 0 Å². The normalized spacial score (nSPS) is 21.4. The van der Waals surface area contributed by atoms with E-state index in [9.17, 15) is 4.79 Å². The van der Waals surface area contributed by atoms with Gasteiger partial charge < -0.3 is 9.42 Å². The number of benzene rings is 1. The number of amides is 1. The standard InChI is InChI=1S/C22H31N5O2/c1-17-7-3-4-9-19(17)22-23-20(24-29-22)15-25-11-13-26(14-12-25)16-21(28)27-10-6-5-8-18(27)2/h3-4,7,9,18H,5-6,8,10-16H2,1-2H3. The first-order valence-electron chi connectivity index (χ1n) is 10.7. The molecular formula is C22H31N5O2. The van der Waals surface area contributed by atoms with Crippen LogP contribution in [0.25, 0.3) is 11.5 Å². The van der Waals surface area contributed by atoms with Crippen LogP contribution in [-0.4, -0.2) is 76.1 Å². The van der Waals surface area contributed by atoms with E-state index in [-0.39, 0.29) is 5.91 Å². The van der Waals surface area contributed by atoms with E-state index < -0.39 is 0 Å². The van der Waals surface area contributed by atoms with Crippen LogP contribution in [0.4, 0.5) is 0 Å². The molecule has 29 heavy (non-hydrogen) atoms. The third-order valence-corrected chi connectivity index (χ3v) is 6.16. The van der Waals surface area contributed by atoms with Gasteiger partial charge in [0.05, 0.1) is 13.1 Å². The molecule has 1 atom stereocenters. The van der Waals surface area contributed by atoms with E-state index in [0.29, 0.717) is 25.0 Å². The van der Waals surface area contributed by atoms with Crippen molar-refractivity contribution in [2.24, 2.45) is 0 Å². The summed E-state index contributed by atoms with van der Waals surface area (Å²) in [5.74, 6) is 1.58.